The van der Waals surface area contributed by atoms with Crippen LogP contribution in [-0.2, 0) is 20.0 Å². The Labute approximate surface area is 155 Å². The summed E-state index contributed by atoms with van der Waals surface area (Å²) in [5.74, 6) is -0.831. The fourth-order valence-electron chi connectivity index (χ4n) is 2.72. The average Bonchev–Trinajstić information content (AvgIpc) is 2.52. The lowest BCUT2D eigenvalue weighted by atomic mass is 10.1. The monoisotopic (exact) mass is 434 g/mol. The van der Waals surface area contributed by atoms with Gasteiger partial charge < -0.3 is 0 Å². The number of hydrogen-bond acceptors (Lipinski definition) is 4. The third-order valence-electron chi connectivity index (χ3n) is 4.02. The summed E-state index contributed by atoms with van der Waals surface area (Å²) < 4.78 is 90.8. The number of alkyl halides is 3. The van der Waals surface area contributed by atoms with Crippen molar-refractivity contribution < 1.29 is 30.0 Å². The van der Waals surface area contributed by atoms with E-state index < -0.39 is 50.3 Å². The minimum absolute atomic E-state index is 0.224. The maximum atomic E-state index is 13.7. The first-order valence-corrected chi connectivity index (χ1v) is 11.3. The van der Waals surface area contributed by atoms with E-state index in [-0.39, 0.29) is 23.7 Å². The molecule has 0 radical (unpaired) electrons. The Bertz CT molecular complexity index is 828. The van der Waals surface area contributed by atoms with Gasteiger partial charge in [0.05, 0.1) is 11.5 Å². The second-order valence-electron chi connectivity index (χ2n) is 5.76. The van der Waals surface area contributed by atoms with Crippen LogP contribution in [-0.4, -0.2) is 62.8 Å². The zero-order valence-corrected chi connectivity index (χ0v) is 16.2. The Morgan fingerprint density at radius 2 is 1.69 bits per heavy atom. The first kappa shape index (κ1) is 21.4. The zero-order chi connectivity index (χ0) is 19.8. The Kier molecular flexibility index (Phi) is 6.28. The summed E-state index contributed by atoms with van der Waals surface area (Å²) in [6, 6.07) is 2.36. The maximum Gasteiger partial charge on any atom is 0.409 e. The first-order chi connectivity index (χ1) is 11.9. The molecular formula is C14H18ClF3N2O4S2. The maximum absolute atomic E-state index is 13.7. The van der Waals surface area contributed by atoms with Crippen LogP contribution in [0.25, 0.3) is 0 Å². The largest absolute Gasteiger partial charge is 0.409 e. The molecule has 1 heterocycles. The van der Waals surface area contributed by atoms with E-state index in [9.17, 15) is 30.0 Å². The van der Waals surface area contributed by atoms with Crippen LogP contribution in [0.15, 0.2) is 24.3 Å². The molecule has 2 rings (SSSR count). The zero-order valence-electron chi connectivity index (χ0n) is 13.8. The highest BCUT2D eigenvalue weighted by molar-refractivity contribution is 7.91. The van der Waals surface area contributed by atoms with Crippen LogP contribution in [0.1, 0.15) is 18.5 Å². The van der Waals surface area contributed by atoms with Gasteiger partial charge in [0.1, 0.15) is 6.04 Å². The smallest absolute Gasteiger partial charge is 0.229 e. The van der Waals surface area contributed by atoms with Gasteiger partial charge in [-0.25, -0.2) is 8.42 Å². The van der Waals surface area contributed by atoms with Gasteiger partial charge in [-0.3, -0.25) is 0 Å². The van der Waals surface area contributed by atoms with Crippen molar-refractivity contribution in [3.05, 3.63) is 34.9 Å². The number of sulfone groups is 1. The fourth-order valence-corrected chi connectivity index (χ4v) is 6.05. The summed E-state index contributed by atoms with van der Waals surface area (Å²) in [6.45, 7) is 0.129. The highest BCUT2D eigenvalue weighted by atomic mass is 35.5. The molecule has 1 aromatic rings. The molecule has 0 amide bonds. The lowest BCUT2D eigenvalue weighted by Crippen LogP contribution is -2.53. The molecular weight excluding hydrogens is 417 g/mol. The number of rotatable bonds is 5. The third-order valence-corrected chi connectivity index (χ3v) is 7.96. The molecule has 1 saturated heterocycles. The highest BCUT2D eigenvalue weighted by Gasteiger charge is 2.50. The van der Waals surface area contributed by atoms with Crippen LogP contribution < -0.4 is 0 Å². The van der Waals surface area contributed by atoms with Gasteiger partial charge in [-0.2, -0.15) is 30.2 Å². The second-order valence-corrected chi connectivity index (χ2v) is 10.4. The van der Waals surface area contributed by atoms with E-state index in [1.54, 1.807) is 0 Å². The topological polar surface area (TPSA) is 74.8 Å². The summed E-state index contributed by atoms with van der Waals surface area (Å²) in [5, 5.41) is 0.224. The quantitative estimate of drug-likeness (QED) is 0.712. The van der Waals surface area contributed by atoms with E-state index in [0.29, 0.717) is 4.31 Å². The standard InChI is InChI=1S/C14H18ClF3N2O4S2/c1-2-20(26(23,24)19-7-9-25(21,22)10-8-19)13(14(16,17)18)11-3-5-12(15)6-4-11/h3-6,13H,2,7-10H2,1H3. The molecule has 1 aliphatic heterocycles. The fraction of sp³-hybridized carbons (Fsp3) is 0.571. The average molecular weight is 435 g/mol. The normalized spacial score (nSPS) is 20.2. The van der Waals surface area contributed by atoms with E-state index >= 15 is 0 Å². The molecule has 6 nitrogen and oxygen atoms in total. The molecule has 0 N–H and O–H groups in total. The Morgan fingerprint density at radius 3 is 2.12 bits per heavy atom. The van der Waals surface area contributed by atoms with Crippen molar-refractivity contribution in [1.82, 2.24) is 8.61 Å². The van der Waals surface area contributed by atoms with Gasteiger partial charge in [0.15, 0.2) is 9.84 Å². The van der Waals surface area contributed by atoms with E-state index in [4.69, 9.17) is 11.6 Å². The van der Waals surface area contributed by atoms with Crippen LogP contribution in [0.4, 0.5) is 13.2 Å². The van der Waals surface area contributed by atoms with E-state index in [0.717, 1.165) is 16.4 Å². The van der Waals surface area contributed by atoms with Crippen molar-refractivity contribution in [1.29, 1.82) is 0 Å². The van der Waals surface area contributed by atoms with Crippen molar-refractivity contribution in [2.45, 2.75) is 19.1 Å². The molecule has 0 spiro atoms. The molecule has 12 heteroatoms. The van der Waals surface area contributed by atoms with Crippen LogP contribution in [0.3, 0.4) is 0 Å². The molecule has 1 aromatic carbocycles. The molecule has 148 valence electrons. The van der Waals surface area contributed by atoms with Crippen molar-refractivity contribution in [2.75, 3.05) is 31.1 Å². The van der Waals surface area contributed by atoms with Gasteiger partial charge in [0.2, 0.25) is 0 Å². The van der Waals surface area contributed by atoms with Crippen molar-refractivity contribution in [3.8, 4) is 0 Å². The number of halogens is 4. The number of hydrogen-bond donors (Lipinski definition) is 0. The van der Waals surface area contributed by atoms with Gasteiger partial charge in [0.25, 0.3) is 10.2 Å². The first-order valence-electron chi connectivity index (χ1n) is 7.68. The summed E-state index contributed by atoms with van der Waals surface area (Å²) in [7, 11) is -7.89. The Balaban J connectivity index is 2.42. The summed E-state index contributed by atoms with van der Waals surface area (Å²) >= 11 is 5.70. The molecule has 1 unspecified atom stereocenters. The van der Waals surface area contributed by atoms with Gasteiger partial charge in [0, 0.05) is 24.7 Å². The molecule has 26 heavy (non-hydrogen) atoms. The SMILES string of the molecule is CCN(C(c1ccc(Cl)cc1)C(F)(F)F)S(=O)(=O)N1CCS(=O)(=O)CC1. The Morgan fingerprint density at radius 1 is 1.19 bits per heavy atom. The van der Waals surface area contributed by atoms with Crippen LogP contribution in [0.2, 0.25) is 5.02 Å². The van der Waals surface area contributed by atoms with E-state index in [1.165, 1.54) is 19.1 Å². The summed E-state index contributed by atoms with van der Waals surface area (Å²) in [6.07, 6.45) is -4.86. The number of benzene rings is 1. The van der Waals surface area contributed by atoms with Gasteiger partial charge in [-0.05, 0) is 17.7 Å². The molecule has 0 aliphatic carbocycles. The molecule has 1 atom stereocenters. The predicted octanol–water partition coefficient (Wildman–Crippen LogP) is 2.24. The highest BCUT2D eigenvalue weighted by Crippen LogP contribution is 2.40. The Hall–Kier alpha value is -0.880. The van der Waals surface area contributed by atoms with E-state index in [1.807, 2.05) is 0 Å². The van der Waals surface area contributed by atoms with E-state index in [2.05, 4.69) is 0 Å². The van der Waals surface area contributed by atoms with Crippen molar-refractivity contribution >= 4 is 31.6 Å². The van der Waals surface area contributed by atoms with Crippen LogP contribution in [0.5, 0.6) is 0 Å². The number of nitrogens with zero attached hydrogens (tertiary/aromatic N) is 2. The molecule has 0 bridgehead atoms. The summed E-state index contributed by atoms with van der Waals surface area (Å²) in [5.41, 5.74) is -0.267. The molecule has 0 aromatic heterocycles. The van der Waals surface area contributed by atoms with Crippen molar-refractivity contribution in [3.63, 3.8) is 0 Å². The predicted molar refractivity (Wildman–Crippen MR) is 91.8 cm³/mol. The molecule has 0 saturated carbocycles. The van der Waals surface area contributed by atoms with Gasteiger partial charge in [-0.1, -0.05) is 30.7 Å². The lowest BCUT2D eigenvalue weighted by Gasteiger charge is -2.36. The molecule has 1 aliphatic rings. The van der Waals surface area contributed by atoms with Gasteiger partial charge in [-0.15, -0.1) is 0 Å². The summed E-state index contributed by atoms with van der Waals surface area (Å²) in [4.78, 5) is 0. The minimum Gasteiger partial charge on any atom is -0.229 e. The van der Waals surface area contributed by atoms with Crippen LogP contribution in [0, 0.1) is 0 Å². The third kappa shape index (κ3) is 4.69. The van der Waals surface area contributed by atoms with Gasteiger partial charge >= 0.3 is 6.18 Å². The molecule has 1 fully saturated rings. The van der Waals surface area contributed by atoms with Crippen molar-refractivity contribution in [2.24, 2.45) is 0 Å². The minimum atomic E-state index is -4.86. The second kappa shape index (κ2) is 7.63. The lowest BCUT2D eigenvalue weighted by molar-refractivity contribution is -0.173. The van der Waals surface area contributed by atoms with Crippen LogP contribution >= 0.6 is 11.6 Å².